The van der Waals surface area contributed by atoms with Gasteiger partial charge in [0.2, 0.25) is 0 Å². The fraction of sp³-hybridized carbons (Fsp3) is 0.350. The van der Waals surface area contributed by atoms with Crippen LogP contribution in [-0.4, -0.2) is 48.8 Å². The van der Waals surface area contributed by atoms with Crippen LogP contribution in [0.4, 0.5) is 0 Å². The first-order valence-electron chi connectivity index (χ1n) is 8.62. The first-order chi connectivity index (χ1) is 12.2. The topological polar surface area (TPSA) is 71.1 Å². The second-order valence-electron chi connectivity index (χ2n) is 6.33. The van der Waals surface area contributed by atoms with Crippen LogP contribution in [0, 0.1) is 0 Å². The molecule has 0 radical (unpaired) electrons. The maximum absolute atomic E-state index is 11.4. The third-order valence-corrected chi connectivity index (χ3v) is 4.49. The van der Waals surface area contributed by atoms with Crippen LogP contribution in [0.3, 0.4) is 0 Å². The van der Waals surface area contributed by atoms with E-state index in [2.05, 4.69) is 4.99 Å². The van der Waals surface area contributed by atoms with Gasteiger partial charge in [-0.3, -0.25) is 0 Å². The van der Waals surface area contributed by atoms with Crippen molar-refractivity contribution in [3.8, 4) is 0 Å². The Labute approximate surface area is 148 Å². The molecule has 5 heteroatoms. The Kier molecular flexibility index (Phi) is 5.68. The minimum Gasteiger partial charge on any atom is -0.383 e. The van der Waals surface area contributed by atoms with Crippen LogP contribution in [0.5, 0.6) is 0 Å². The van der Waals surface area contributed by atoms with E-state index in [1.807, 2.05) is 65.6 Å². The molecular weight excluding hydrogens is 314 g/mol. The normalized spacial score (nSPS) is 18.0. The zero-order valence-corrected chi connectivity index (χ0v) is 14.3. The number of morpholine rings is 1. The molecule has 1 unspecified atom stereocenters. The molecule has 1 fully saturated rings. The van der Waals surface area contributed by atoms with Gasteiger partial charge in [0.25, 0.3) is 0 Å². The SMILES string of the molecule is NC(=NCC(O)(Cc1ccccc1)c1ccccc1)N1CCOCC1. The summed E-state index contributed by atoms with van der Waals surface area (Å²) in [5.74, 6) is 0.464. The number of hydrogen-bond acceptors (Lipinski definition) is 3. The zero-order valence-electron chi connectivity index (χ0n) is 14.3. The Hall–Kier alpha value is -2.37. The Bertz CT molecular complexity index is 685. The summed E-state index contributed by atoms with van der Waals surface area (Å²) in [7, 11) is 0. The second kappa shape index (κ2) is 8.14. The Morgan fingerprint density at radius 1 is 1.04 bits per heavy atom. The van der Waals surface area contributed by atoms with Crippen LogP contribution in [0.15, 0.2) is 65.7 Å². The molecule has 2 aromatic rings. The number of aliphatic hydroxyl groups is 1. The lowest BCUT2D eigenvalue weighted by molar-refractivity contribution is 0.0453. The van der Waals surface area contributed by atoms with Gasteiger partial charge in [0, 0.05) is 19.5 Å². The van der Waals surface area contributed by atoms with Crippen molar-refractivity contribution in [3.05, 3.63) is 71.8 Å². The highest BCUT2D eigenvalue weighted by Gasteiger charge is 2.30. The first kappa shape index (κ1) is 17.5. The minimum atomic E-state index is -1.10. The van der Waals surface area contributed by atoms with Gasteiger partial charge in [0.15, 0.2) is 5.96 Å². The Morgan fingerprint density at radius 2 is 1.64 bits per heavy atom. The van der Waals surface area contributed by atoms with Crippen molar-refractivity contribution in [1.82, 2.24) is 4.90 Å². The lowest BCUT2D eigenvalue weighted by Gasteiger charge is -2.30. The van der Waals surface area contributed by atoms with E-state index in [-0.39, 0.29) is 6.54 Å². The van der Waals surface area contributed by atoms with Gasteiger partial charge in [-0.1, -0.05) is 60.7 Å². The van der Waals surface area contributed by atoms with Crippen LogP contribution in [0.2, 0.25) is 0 Å². The zero-order chi connectivity index (χ0) is 17.5. The quantitative estimate of drug-likeness (QED) is 0.643. The molecule has 1 saturated heterocycles. The van der Waals surface area contributed by atoms with Crippen LogP contribution >= 0.6 is 0 Å². The second-order valence-corrected chi connectivity index (χ2v) is 6.33. The summed E-state index contributed by atoms with van der Waals surface area (Å²) in [6.07, 6.45) is 0.484. The van der Waals surface area contributed by atoms with E-state index >= 15 is 0 Å². The molecule has 1 aliphatic rings. The first-order valence-corrected chi connectivity index (χ1v) is 8.62. The molecular formula is C20H25N3O2. The minimum absolute atomic E-state index is 0.217. The monoisotopic (exact) mass is 339 g/mol. The predicted molar refractivity (Wildman–Crippen MR) is 99.4 cm³/mol. The number of rotatable bonds is 5. The molecule has 0 aliphatic carbocycles. The number of nitrogens with zero attached hydrogens (tertiary/aromatic N) is 2. The molecule has 1 atom stereocenters. The van der Waals surface area contributed by atoms with E-state index in [0.29, 0.717) is 25.6 Å². The van der Waals surface area contributed by atoms with Gasteiger partial charge in [-0.2, -0.15) is 0 Å². The Morgan fingerprint density at radius 3 is 2.28 bits per heavy atom. The average Bonchev–Trinajstić information content (AvgIpc) is 2.68. The maximum atomic E-state index is 11.4. The number of nitrogens with two attached hydrogens (primary N) is 1. The van der Waals surface area contributed by atoms with E-state index < -0.39 is 5.60 Å². The van der Waals surface area contributed by atoms with E-state index in [0.717, 1.165) is 24.2 Å². The van der Waals surface area contributed by atoms with Crippen LogP contribution in [-0.2, 0) is 16.8 Å². The van der Waals surface area contributed by atoms with Crippen LogP contribution in [0.1, 0.15) is 11.1 Å². The van der Waals surface area contributed by atoms with Gasteiger partial charge in [0.05, 0.1) is 19.8 Å². The molecule has 0 aromatic heterocycles. The standard InChI is InChI=1S/C20H25N3O2/c21-19(23-11-13-25-14-12-23)22-16-20(24,18-9-5-2-6-10-18)15-17-7-3-1-4-8-17/h1-10,24H,11-16H2,(H2,21,22). The van der Waals surface area contributed by atoms with Crippen molar-refractivity contribution in [2.75, 3.05) is 32.8 Å². The summed E-state index contributed by atoms with van der Waals surface area (Å²) in [6.45, 7) is 3.00. The summed E-state index contributed by atoms with van der Waals surface area (Å²) < 4.78 is 5.34. The smallest absolute Gasteiger partial charge is 0.191 e. The van der Waals surface area contributed by atoms with Crippen LogP contribution in [0.25, 0.3) is 0 Å². The van der Waals surface area contributed by atoms with Gasteiger partial charge < -0.3 is 20.5 Å². The number of ether oxygens (including phenoxy) is 1. The molecule has 5 nitrogen and oxygen atoms in total. The lowest BCUT2D eigenvalue weighted by Crippen LogP contribution is -2.45. The largest absolute Gasteiger partial charge is 0.383 e. The predicted octanol–water partition coefficient (Wildman–Crippen LogP) is 1.76. The van der Waals surface area contributed by atoms with Crippen molar-refractivity contribution in [2.24, 2.45) is 10.7 Å². The highest BCUT2D eigenvalue weighted by molar-refractivity contribution is 5.78. The van der Waals surface area contributed by atoms with Crippen molar-refractivity contribution < 1.29 is 9.84 Å². The average molecular weight is 339 g/mol. The molecule has 25 heavy (non-hydrogen) atoms. The third kappa shape index (κ3) is 4.59. The molecule has 0 amide bonds. The van der Waals surface area contributed by atoms with Gasteiger partial charge in [-0.25, -0.2) is 4.99 Å². The van der Waals surface area contributed by atoms with E-state index in [1.165, 1.54) is 0 Å². The number of guanidine groups is 1. The molecule has 1 heterocycles. The fourth-order valence-electron chi connectivity index (χ4n) is 3.04. The third-order valence-electron chi connectivity index (χ3n) is 4.49. The van der Waals surface area contributed by atoms with E-state index in [4.69, 9.17) is 10.5 Å². The summed E-state index contributed by atoms with van der Waals surface area (Å²) in [5.41, 5.74) is 6.95. The molecule has 3 rings (SSSR count). The van der Waals surface area contributed by atoms with Crippen LogP contribution < -0.4 is 5.73 Å². The number of aliphatic imine (C=N–C) groups is 1. The highest BCUT2D eigenvalue weighted by Crippen LogP contribution is 2.26. The molecule has 1 aliphatic heterocycles. The van der Waals surface area contributed by atoms with E-state index in [9.17, 15) is 5.11 Å². The van der Waals surface area contributed by atoms with Crippen molar-refractivity contribution in [2.45, 2.75) is 12.0 Å². The van der Waals surface area contributed by atoms with Gasteiger partial charge in [-0.05, 0) is 11.1 Å². The molecule has 0 bridgehead atoms. The summed E-state index contributed by atoms with van der Waals surface area (Å²) in [4.78, 5) is 6.50. The summed E-state index contributed by atoms with van der Waals surface area (Å²) in [5, 5.41) is 11.4. The highest BCUT2D eigenvalue weighted by atomic mass is 16.5. The molecule has 0 spiro atoms. The molecule has 2 aromatic carbocycles. The Balaban J connectivity index is 1.81. The number of benzene rings is 2. The number of hydrogen-bond donors (Lipinski definition) is 2. The van der Waals surface area contributed by atoms with E-state index in [1.54, 1.807) is 0 Å². The van der Waals surface area contributed by atoms with Gasteiger partial charge in [-0.15, -0.1) is 0 Å². The molecule has 3 N–H and O–H groups in total. The fourth-order valence-corrected chi connectivity index (χ4v) is 3.04. The van der Waals surface area contributed by atoms with Crippen molar-refractivity contribution in [3.63, 3.8) is 0 Å². The maximum Gasteiger partial charge on any atom is 0.191 e. The summed E-state index contributed by atoms with van der Waals surface area (Å²) >= 11 is 0. The van der Waals surface area contributed by atoms with Gasteiger partial charge in [0.1, 0.15) is 5.60 Å². The van der Waals surface area contributed by atoms with Crippen molar-refractivity contribution >= 4 is 5.96 Å². The molecule has 132 valence electrons. The van der Waals surface area contributed by atoms with Gasteiger partial charge >= 0.3 is 0 Å². The molecule has 0 saturated carbocycles. The lowest BCUT2D eigenvalue weighted by atomic mass is 9.87. The van der Waals surface area contributed by atoms with Crippen molar-refractivity contribution in [1.29, 1.82) is 0 Å². The summed E-state index contributed by atoms with van der Waals surface area (Å²) in [6, 6.07) is 19.6.